The first kappa shape index (κ1) is 18.4. The number of carbonyl (C=O) groups is 1. The Labute approximate surface area is 170 Å². The van der Waals surface area contributed by atoms with Gasteiger partial charge in [-0.2, -0.15) is 0 Å². The molecule has 1 aliphatic heterocycles. The Bertz CT molecular complexity index is 1070. The van der Waals surface area contributed by atoms with Gasteiger partial charge in [0.05, 0.1) is 18.6 Å². The van der Waals surface area contributed by atoms with Crippen LogP contribution in [-0.4, -0.2) is 51.6 Å². The highest BCUT2D eigenvalue weighted by molar-refractivity contribution is 5.89. The summed E-state index contributed by atoms with van der Waals surface area (Å²) >= 11 is 0. The molecule has 3 heterocycles. The zero-order valence-corrected chi connectivity index (χ0v) is 17.3. The zero-order chi connectivity index (χ0) is 20.1. The van der Waals surface area contributed by atoms with Crippen LogP contribution in [-0.2, 0) is 17.7 Å². The largest absolute Gasteiger partial charge is 0.461 e. The molecule has 0 spiro atoms. The van der Waals surface area contributed by atoms with E-state index in [0.717, 1.165) is 31.6 Å². The molecule has 3 atom stereocenters. The van der Waals surface area contributed by atoms with Crippen LogP contribution in [0.2, 0.25) is 0 Å². The Morgan fingerprint density at radius 1 is 1.38 bits per heavy atom. The molecule has 0 saturated carbocycles. The number of benzene rings is 1. The number of H-pyrrole nitrogens is 1. The molecule has 152 valence electrons. The van der Waals surface area contributed by atoms with Crippen LogP contribution in [0.25, 0.3) is 10.9 Å². The average Bonchev–Trinajstić information content (AvgIpc) is 3.28. The van der Waals surface area contributed by atoms with Gasteiger partial charge in [-0.25, -0.2) is 9.78 Å². The molecule has 0 bridgehead atoms. The molecule has 0 amide bonds. The van der Waals surface area contributed by atoms with Gasteiger partial charge in [-0.05, 0) is 56.8 Å². The number of nitrogens with zero attached hydrogens (tertiary/aromatic N) is 3. The maximum absolute atomic E-state index is 12.4. The lowest BCUT2D eigenvalue weighted by atomic mass is 9.72. The van der Waals surface area contributed by atoms with Crippen LogP contribution in [0.4, 0.5) is 0 Å². The SMILES string of the molecule is CCOC(=O)c1c(C)ncn1C[C@@H]1C[C@@H]2c3cccc4[nH]cc(c34)C[C@H]2N(C)C1. The fourth-order valence-electron chi connectivity index (χ4n) is 5.55. The predicted molar refractivity (Wildman–Crippen MR) is 112 cm³/mol. The quantitative estimate of drug-likeness (QED) is 0.690. The number of likely N-dealkylation sites (N-methyl/N-ethyl adjacent to an activating group) is 1. The molecule has 0 unspecified atom stereocenters. The molecule has 2 aromatic heterocycles. The van der Waals surface area contributed by atoms with Crippen molar-refractivity contribution in [2.24, 2.45) is 5.92 Å². The van der Waals surface area contributed by atoms with E-state index in [1.54, 1.807) is 6.33 Å². The molecule has 0 radical (unpaired) electrons. The number of aromatic amines is 1. The summed E-state index contributed by atoms with van der Waals surface area (Å²) in [5.41, 5.74) is 5.49. The van der Waals surface area contributed by atoms with E-state index in [2.05, 4.69) is 46.3 Å². The number of esters is 1. The van der Waals surface area contributed by atoms with Gasteiger partial charge < -0.3 is 19.2 Å². The zero-order valence-electron chi connectivity index (χ0n) is 17.3. The van der Waals surface area contributed by atoms with Crippen LogP contribution in [0.3, 0.4) is 0 Å². The standard InChI is InChI=1S/C23H28N4O2/c1-4-29-23(28)22-14(2)25-13-27(22)12-15-8-18-17-6-5-7-19-21(17)16(10-24-19)9-20(18)26(3)11-15/h5-7,10,13,15,18,20,24H,4,8-9,11-12H2,1-3H3/t15-,18-,20-/m1/s1. The van der Waals surface area contributed by atoms with Gasteiger partial charge in [0, 0.05) is 42.1 Å². The second-order valence-corrected chi connectivity index (χ2v) is 8.55. The molecule has 1 N–H and O–H groups in total. The maximum Gasteiger partial charge on any atom is 0.356 e. The fourth-order valence-corrected chi connectivity index (χ4v) is 5.55. The Hall–Kier alpha value is -2.60. The van der Waals surface area contributed by atoms with E-state index >= 15 is 0 Å². The molecule has 29 heavy (non-hydrogen) atoms. The number of rotatable bonds is 4. The number of piperidine rings is 1. The highest BCUT2D eigenvalue weighted by Crippen LogP contribution is 2.44. The summed E-state index contributed by atoms with van der Waals surface area (Å²) in [5, 5.41) is 1.42. The van der Waals surface area contributed by atoms with E-state index in [9.17, 15) is 4.79 Å². The Morgan fingerprint density at radius 2 is 2.24 bits per heavy atom. The van der Waals surface area contributed by atoms with Crippen molar-refractivity contribution in [2.75, 3.05) is 20.2 Å². The highest BCUT2D eigenvalue weighted by atomic mass is 16.5. The molecule has 6 nitrogen and oxygen atoms in total. The summed E-state index contributed by atoms with van der Waals surface area (Å²) in [6.07, 6.45) is 6.20. The highest BCUT2D eigenvalue weighted by Gasteiger charge is 2.39. The van der Waals surface area contributed by atoms with Gasteiger partial charge >= 0.3 is 5.97 Å². The third-order valence-corrected chi connectivity index (χ3v) is 6.76. The van der Waals surface area contributed by atoms with Crippen LogP contribution in [0, 0.1) is 12.8 Å². The number of ether oxygens (including phenoxy) is 1. The number of imidazole rings is 1. The number of hydrogen-bond acceptors (Lipinski definition) is 4. The van der Waals surface area contributed by atoms with Crippen molar-refractivity contribution in [1.29, 1.82) is 0 Å². The Balaban J connectivity index is 1.44. The minimum atomic E-state index is -0.274. The van der Waals surface area contributed by atoms with Crippen LogP contribution in [0.15, 0.2) is 30.7 Å². The van der Waals surface area contributed by atoms with E-state index in [1.165, 1.54) is 22.0 Å². The molecule has 1 aliphatic carbocycles. The van der Waals surface area contributed by atoms with Crippen molar-refractivity contribution in [3.8, 4) is 0 Å². The summed E-state index contributed by atoms with van der Waals surface area (Å²) in [6, 6.07) is 7.18. The van der Waals surface area contributed by atoms with Crippen molar-refractivity contribution in [3.63, 3.8) is 0 Å². The normalized spacial score (nSPS) is 23.9. The smallest absolute Gasteiger partial charge is 0.356 e. The molecular formula is C23H28N4O2. The number of nitrogens with one attached hydrogen (secondary N) is 1. The van der Waals surface area contributed by atoms with Crippen LogP contribution in [0.5, 0.6) is 0 Å². The van der Waals surface area contributed by atoms with Gasteiger partial charge in [0.2, 0.25) is 0 Å². The summed E-state index contributed by atoms with van der Waals surface area (Å²) < 4.78 is 7.26. The molecule has 1 aromatic carbocycles. The van der Waals surface area contributed by atoms with Crippen molar-refractivity contribution < 1.29 is 9.53 Å². The maximum atomic E-state index is 12.4. The second kappa shape index (κ2) is 7.02. The first-order valence-electron chi connectivity index (χ1n) is 10.5. The third kappa shape index (κ3) is 2.97. The first-order valence-corrected chi connectivity index (χ1v) is 10.5. The van der Waals surface area contributed by atoms with Gasteiger partial charge in [-0.15, -0.1) is 0 Å². The topological polar surface area (TPSA) is 63.1 Å². The number of carbonyl (C=O) groups excluding carboxylic acids is 1. The molecule has 1 saturated heterocycles. The molecular weight excluding hydrogens is 364 g/mol. The fraction of sp³-hybridized carbons (Fsp3) is 0.478. The molecule has 3 aromatic rings. The number of likely N-dealkylation sites (tertiary alicyclic amines) is 1. The van der Waals surface area contributed by atoms with Gasteiger partial charge in [-0.3, -0.25) is 0 Å². The predicted octanol–water partition coefficient (Wildman–Crippen LogP) is 3.51. The third-order valence-electron chi connectivity index (χ3n) is 6.76. The lowest BCUT2D eigenvalue weighted by molar-refractivity contribution is 0.0507. The van der Waals surface area contributed by atoms with Crippen LogP contribution in [0.1, 0.15) is 46.6 Å². The Kier molecular flexibility index (Phi) is 4.46. The van der Waals surface area contributed by atoms with E-state index in [-0.39, 0.29) is 5.97 Å². The second-order valence-electron chi connectivity index (χ2n) is 8.55. The van der Waals surface area contributed by atoms with E-state index < -0.39 is 0 Å². The first-order chi connectivity index (χ1) is 14.1. The summed E-state index contributed by atoms with van der Waals surface area (Å²) in [4.78, 5) is 22.8. The van der Waals surface area contributed by atoms with Crippen molar-refractivity contribution in [1.82, 2.24) is 19.4 Å². The number of aryl methyl sites for hydroxylation is 1. The van der Waals surface area contributed by atoms with Gasteiger partial charge in [0.1, 0.15) is 5.69 Å². The van der Waals surface area contributed by atoms with Gasteiger partial charge in [-0.1, -0.05) is 12.1 Å². The summed E-state index contributed by atoms with van der Waals surface area (Å²) in [6.45, 7) is 5.90. The molecule has 6 heteroatoms. The van der Waals surface area contributed by atoms with Gasteiger partial charge in [0.15, 0.2) is 0 Å². The lowest BCUT2D eigenvalue weighted by Crippen LogP contribution is -2.48. The van der Waals surface area contributed by atoms with E-state index in [0.29, 0.717) is 30.2 Å². The molecule has 1 fully saturated rings. The van der Waals surface area contributed by atoms with Crippen LogP contribution >= 0.6 is 0 Å². The average molecular weight is 393 g/mol. The van der Waals surface area contributed by atoms with Crippen molar-refractivity contribution in [2.45, 2.75) is 45.2 Å². The summed E-state index contributed by atoms with van der Waals surface area (Å²) in [7, 11) is 2.24. The minimum absolute atomic E-state index is 0.274. The molecule has 5 rings (SSSR count). The van der Waals surface area contributed by atoms with E-state index in [1.807, 2.05) is 18.4 Å². The summed E-state index contributed by atoms with van der Waals surface area (Å²) in [5.74, 6) is 0.698. The Morgan fingerprint density at radius 3 is 3.07 bits per heavy atom. The van der Waals surface area contributed by atoms with Crippen LogP contribution < -0.4 is 0 Å². The van der Waals surface area contributed by atoms with Gasteiger partial charge in [0.25, 0.3) is 0 Å². The lowest BCUT2D eigenvalue weighted by Gasteiger charge is -2.45. The number of fused-ring (bicyclic) bond motifs is 2. The van der Waals surface area contributed by atoms with Crippen molar-refractivity contribution >= 4 is 16.9 Å². The minimum Gasteiger partial charge on any atom is -0.461 e. The van der Waals surface area contributed by atoms with Crippen molar-refractivity contribution in [3.05, 3.63) is 53.2 Å². The monoisotopic (exact) mass is 392 g/mol. The number of aromatic nitrogens is 3. The molecule has 2 aliphatic rings. The van der Waals surface area contributed by atoms with E-state index in [4.69, 9.17) is 4.74 Å². The number of hydrogen-bond donors (Lipinski definition) is 1.